The lowest BCUT2D eigenvalue weighted by Crippen LogP contribution is -2.28. The number of carbonyl (C=O) groups excluding carboxylic acids is 1. The lowest BCUT2D eigenvalue weighted by molar-refractivity contribution is -0.384. The van der Waals surface area contributed by atoms with E-state index in [9.17, 15) is 14.9 Å². The Morgan fingerprint density at radius 3 is 2.81 bits per heavy atom. The molecule has 3 rings (SSSR count). The average molecular weight is 359 g/mol. The second kappa shape index (κ2) is 7.60. The van der Waals surface area contributed by atoms with Crippen LogP contribution in [0.3, 0.4) is 0 Å². The number of carbonyl (C=O) groups is 1. The third kappa shape index (κ3) is 3.77. The molecule has 0 saturated heterocycles. The minimum absolute atomic E-state index is 0.147. The van der Waals surface area contributed by atoms with Crippen molar-refractivity contribution in [3.63, 3.8) is 0 Å². The van der Waals surface area contributed by atoms with Gasteiger partial charge in [-0.25, -0.2) is 0 Å². The van der Waals surface area contributed by atoms with Crippen LogP contribution < -0.4 is 24.8 Å². The third-order valence-corrected chi connectivity index (χ3v) is 3.73. The molecule has 9 nitrogen and oxygen atoms in total. The minimum Gasteiger partial charge on any atom is -0.492 e. The summed E-state index contributed by atoms with van der Waals surface area (Å²) in [6, 6.07) is 9.28. The molecule has 0 aliphatic carbocycles. The van der Waals surface area contributed by atoms with Gasteiger partial charge in [-0.3, -0.25) is 14.9 Å². The summed E-state index contributed by atoms with van der Waals surface area (Å²) in [7, 11) is 1.64. The van der Waals surface area contributed by atoms with Gasteiger partial charge >= 0.3 is 0 Å². The number of anilines is 1. The summed E-state index contributed by atoms with van der Waals surface area (Å²) in [5, 5.41) is 16.4. The zero-order valence-electron chi connectivity index (χ0n) is 14.0. The number of hydrogen-bond acceptors (Lipinski definition) is 7. The number of nitro benzene ring substituents is 1. The Morgan fingerprint density at radius 2 is 2.04 bits per heavy atom. The smallest absolute Gasteiger partial charge is 0.270 e. The van der Waals surface area contributed by atoms with Crippen molar-refractivity contribution in [3.8, 4) is 17.2 Å². The van der Waals surface area contributed by atoms with Crippen molar-refractivity contribution in [2.45, 2.75) is 0 Å². The fourth-order valence-electron chi connectivity index (χ4n) is 2.45. The predicted octanol–water partition coefficient (Wildman–Crippen LogP) is 2.17. The quantitative estimate of drug-likeness (QED) is 0.443. The second-order valence-corrected chi connectivity index (χ2v) is 5.36. The van der Waals surface area contributed by atoms with Gasteiger partial charge in [0.2, 0.25) is 6.79 Å². The summed E-state index contributed by atoms with van der Waals surface area (Å²) >= 11 is 0. The zero-order chi connectivity index (χ0) is 18.5. The number of fused-ring (bicyclic) bond motifs is 1. The summed E-state index contributed by atoms with van der Waals surface area (Å²) in [6.45, 7) is 0.653. The summed E-state index contributed by atoms with van der Waals surface area (Å²) in [6.07, 6.45) is 0. The maximum absolute atomic E-state index is 12.3. The summed E-state index contributed by atoms with van der Waals surface area (Å²) < 4.78 is 16.0. The number of non-ortho nitro benzene ring substituents is 1. The van der Waals surface area contributed by atoms with Crippen LogP contribution in [0, 0.1) is 10.1 Å². The predicted molar refractivity (Wildman–Crippen MR) is 93.0 cm³/mol. The Hall–Kier alpha value is -3.49. The van der Waals surface area contributed by atoms with Crippen molar-refractivity contribution >= 4 is 17.3 Å². The molecule has 2 aromatic rings. The standard InChI is InChI=1S/C17H17N3O6/c1-18-14-4-2-11(20(22)23)8-13(14)17(21)19-6-7-24-12-3-5-15-16(9-12)26-10-25-15/h2-5,8-9,18H,6-7,10H2,1H3,(H,19,21). The SMILES string of the molecule is CNc1ccc([N+](=O)[O-])cc1C(=O)NCCOc1ccc2c(c1)OCO2. The summed E-state index contributed by atoms with van der Waals surface area (Å²) in [4.78, 5) is 22.6. The second-order valence-electron chi connectivity index (χ2n) is 5.36. The molecule has 2 aromatic carbocycles. The molecule has 0 atom stereocenters. The van der Waals surface area contributed by atoms with Crippen molar-refractivity contribution < 1.29 is 23.9 Å². The molecule has 9 heteroatoms. The first kappa shape index (κ1) is 17.3. The van der Waals surface area contributed by atoms with Crippen molar-refractivity contribution in [1.29, 1.82) is 0 Å². The summed E-state index contributed by atoms with van der Waals surface area (Å²) in [5.41, 5.74) is 0.556. The van der Waals surface area contributed by atoms with E-state index in [1.165, 1.54) is 18.2 Å². The highest BCUT2D eigenvalue weighted by molar-refractivity contribution is 6.00. The highest BCUT2D eigenvalue weighted by Gasteiger charge is 2.16. The fourth-order valence-corrected chi connectivity index (χ4v) is 2.45. The average Bonchev–Trinajstić information content (AvgIpc) is 3.12. The van der Waals surface area contributed by atoms with Crippen molar-refractivity contribution in [3.05, 3.63) is 52.1 Å². The lowest BCUT2D eigenvalue weighted by Gasteiger charge is -2.11. The van der Waals surface area contributed by atoms with Gasteiger partial charge in [-0.1, -0.05) is 0 Å². The number of hydrogen-bond donors (Lipinski definition) is 2. The molecular weight excluding hydrogens is 342 g/mol. The van der Waals surface area contributed by atoms with Crippen molar-refractivity contribution in [2.24, 2.45) is 0 Å². The Kier molecular flexibility index (Phi) is 5.07. The molecule has 0 bridgehead atoms. The number of rotatable bonds is 7. The van der Waals surface area contributed by atoms with Crippen LogP contribution in [-0.2, 0) is 0 Å². The van der Waals surface area contributed by atoms with Crippen LogP contribution in [0.2, 0.25) is 0 Å². The van der Waals surface area contributed by atoms with Gasteiger partial charge in [0.25, 0.3) is 11.6 Å². The van der Waals surface area contributed by atoms with Crippen LogP contribution in [0.25, 0.3) is 0 Å². The minimum atomic E-state index is -0.543. The first-order valence-corrected chi connectivity index (χ1v) is 7.85. The highest BCUT2D eigenvalue weighted by Crippen LogP contribution is 2.35. The van der Waals surface area contributed by atoms with E-state index in [1.54, 1.807) is 25.2 Å². The molecule has 136 valence electrons. The first-order chi connectivity index (χ1) is 12.6. The van der Waals surface area contributed by atoms with Gasteiger partial charge in [0.15, 0.2) is 11.5 Å². The molecule has 26 heavy (non-hydrogen) atoms. The van der Waals surface area contributed by atoms with Crippen LogP contribution in [-0.4, -0.2) is 37.8 Å². The van der Waals surface area contributed by atoms with Gasteiger partial charge in [-0.2, -0.15) is 0 Å². The molecule has 0 fully saturated rings. The fraction of sp³-hybridized carbons (Fsp3) is 0.235. The molecule has 0 unspecified atom stereocenters. The normalized spacial score (nSPS) is 11.7. The molecule has 1 aliphatic rings. The highest BCUT2D eigenvalue weighted by atomic mass is 16.7. The van der Waals surface area contributed by atoms with E-state index in [2.05, 4.69) is 10.6 Å². The molecule has 2 N–H and O–H groups in total. The van der Waals surface area contributed by atoms with E-state index >= 15 is 0 Å². The Labute approximate surface area is 149 Å². The van der Waals surface area contributed by atoms with E-state index in [0.29, 0.717) is 22.9 Å². The Morgan fingerprint density at radius 1 is 1.23 bits per heavy atom. The van der Waals surface area contributed by atoms with E-state index < -0.39 is 10.8 Å². The van der Waals surface area contributed by atoms with Gasteiger partial charge in [-0.05, 0) is 18.2 Å². The maximum atomic E-state index is 12.3. The third-order valence-electron chi connectivity index (χ3n) is 3.73. The van der Waals surface area contributed by atoms with E-state index in [4.69, 9.17) is 14.2 Å². The Balaban J connectivity index is 1.55. The van der Waals surface area contributed by atoms with Gasteiger partial charge in [0.1, 0.15) is 12.4 Å². The molecule has 0 saturated carbocycles. The molecule has 1 aliphatic heterocycles. The van der Waals surface area contributed by atoms with Gasteiger partial charge in [0.05, 0.1) is 17.0 Å². The molecule has 0 spiro atoms. The molecule has 1 heterocycles. The molecule has 0 radical (unpaired) electrons. The zero-order valence-corrected chi connectivity index (χ0v) is 14.0. The van der Waals surface area contributed by atoms with E-state index in [1.807, 2.05) is 0 Å². The Bertz CT molecular complexity index is 839. The number of nitrogens with one attached hydrogen (secondary N) is 2. The molecular formula is C17H17N3O6. The topological polar surface area (TPSA) is 112 Å². The van der Waals surface area contributed by atoms with Gasteiger partial charge in [0, 0.05) is 30.9 Å². The van der Waals surface area contributed by atoms with E-state index in [0.717, 1.165) is 0 Å². The van der Waals surface area contributed by atoms with Crippen LogP contribution in [0.4, 0.5) is 11.4 Å². The van der Waals surface area contributed by atoms with Crippen LogP contribution in [0.5, 0.6) is 17.2 Å². The maximum Gasteiger partial charge on any atom is 0.270 e. The molecule has 0 aromatic heterocycles. The first-order valence-electron chi connectivity index (χ1n) is 7.85. The number of ether oxygens (including phenoxy) is 3. The lowest BCUT2D eigenvalue weighted by atomic mass is 10.1. The molecule has 1 amide bonds. The van der Waals surface area contributed by atoms with Gasteiger partial charge in [-0.15, -0.1) is 0 Å². The van der Waals surface area contributed by atoms with Crippen LogP contribution >= 0.6 is 0 Å². The monoisotopic (exact) mass is 359 g/mol. The number of nitro groups is 1. The van der Waals surface area contributed by atoms with Crippen LogP contribution in [0.15, 0.2) is 36.4 Å². The van der Waals surface area contributed by atoms with Crippen molar-refractivity contribution in [1.82, 2.24) is 5.32 Å². The number of benzene rings is 2. The number of nitrogens with zero attached hydrogens (tertiary/aromatic N) is 1. The van der Waals surface area contributed by atoms with Crippen LogP contribution in [0.1, 0.15) is 10.4 Å². The number of amides is 1. The largest absolute Gasteiger partial charge is 0.492 e. The van der Waals surface area contributed by atoms with E-state index in [-0.39, 0.29) is 31.2 Å². The summed E-state index contributed by atoms with van der Waals surface area (Å²) in [5.74, 6) is 1.44. The van der Waals surface area contributed by atoms with Gasteiger partial charge < -0.3 is 24.8 Å². The van der Waals surface area contributed by atoms with Crippen molar-refractivity contribution in [2.75, 3.05) is 32.3 Å².